The smallest absolute Gasteiger partial charge is 0.335 e. The highest BCUT2D eigenvalue weighted by molar-refractivity contribution is 5.74. The van der Waals surface area contributed by atoms with Crippen molar-refractivity contribution in [3.05, 3.63) is 72.9 Å². The maximum atomic E-state index is 13.2. The number of carboxylic acids is 1. The minimum absolute atomic E-state index is 0.0563. The number of esters is 3. The zero-order valence-corrected chi connectivity index (χ0v) is 47.3. The summed E-state index contributed by atoms with van der Waals surface area (Å²) in [5, 5.41) is 31.4. The third kappa shape index (κ3) is 41.0. The van der Waals surface area contributed by atoms with Gasteiger partial charge in [-0.2, -0.15) is 0 Å². The van der Waals surface area contributed by atoms with Gasteiger partial charge in [-0.3, -0.25) is 14.4 Å². The maximum Gasteiger partial charge on any atom is 0.335 e. The Hall–Kier alpha value is -3.84. The van der Waals surface area contributed by atoms with Gasteiger partial charge < -0.3 is 39.0 Å². The number of unbranched alkanes of at least 4 members (excludes halogenated alkanes) is 24. The lowest BCUT2D eigenvalue weighted by Crippen LogP contribution is -2.61. The van der Waals surface area contributed by atoms with Crippen molar-refractivity contribution in [1.82, 2.24) is 0 Å². The summed E-state index contributed by atoms with van der Waals surface area (Å²) in [7, 11) is 0. The van der Waals surface area contributed by atoms with Gasteiger partial charge in [0.25, 0.3) is 0 Å². The third-order valence-electron chi connectivity index (χ3n) is 13.3. The number of carbonyl (C=O) groups is 4. The van der Waals surface area contributed by atoms with Gasteiger partial charge in [0.15, 0.2) is 24.6 Å². The lowest BCUT2D eigenvalue weighted by atomic mass is 9.98. The molecular weight excluding hydrogens is 949 g/mol. The molecule has 0 spiro atoms. The highest BCUT2D eigenvalue weighted by Gasteiger charge is 2.50. The van der Waals surface area contributed by atoms with E-state index in [0.29, 0.717) is 19.3 Å². The molecule has 6 atom stereocenters. The van der Waals surface area contributed by atoms with Gasteiger partial charge in [0.2, 0.25) is 0 Å². The number of hydrogen-bond donors (Lipinski definition) is 3. The first-order valence-corrected chi connectivity index (χ1v) is 29.9. The molecule has 12 heteroatoms. The predicted molar refractivity (Wildman–Crippen MR) is 303 cm³/mol. The Bertz CT molecular complexity index is 1580. The van der Waals surface area contributed by atoms with E-state index in [1.54, 1.807) is 0 Å². The Morgan fingerprint density at radius 3 is 1.31 bits per heavy atom. The van der Waals surface area contributed by atoms with Crippen molar-refractivity contribution in [2.75, 3.05) is 13.2 Å². The van der Waals surface area contributed by atoms with E-state index in [-0.39, 0.29) is 25.9 Å². The van der Waals surface area contributed by atoms with Crippen LogP contribution >= 0.6 is 0 Å². The van der Waals surface area contributed by atoms with Crippen LogP contribution in [0.4, 0.5) is 0 Å². The Morgan fingerprint density at radius 2 is 0.840 bits per heavy atom. The Balaban J connectivity index is 2.69. The summed E-state index contributed by atoms with van der Waals surface area (Å²) in [4.78, 5) is 51.0. The van der Waals surface area contributed by atoms with Gasteiger partial charge in [0.05, 0.1) is 6.61 Å². The molecule has 0 aromatic carbocycles. The molecule has 1 saturated heterocycles. The van der Waals surface area contributed by atoms with Crippen molar-refractivity contribution < 1.29 is 58.2 Å². The van der Waals surface area contributed by atoms with E-state index in [9.17, 15) is 34.5 Å². The lowest BCUT2D eigenvalue weighted by molar-refractivity contribution is -0.301. The molecule has 6 unspecified atom stereocenters. The second-order valence-electron chi connectivity index (χ2n) is 20.3. The molecule has 0 amide bonds. The molecule has 1 heterocycles. The minimum atomic E-state index is -1.91. The van der Waals surface area contributed by atoms with Crippen molar-refractivity contribution in [2.24, 2.45) is 0 Å². The number of allylic oxidation sites excluding steroid dienone is 12. The van der Waals surface area contributed by atoms with Crippen LogP contribution in [0.15, 0.2) is 72.9 Å². The van der Waals surface area contributed by atoms with Crippen LogP contribution < -0.4 is 0 Å². The molecule has 0 bridgehead atoms. The number of aliphatic carboxylic acids is 1. The van der Waals surface area contributed by atoms with Crippen LogP contribution in [0.25, 0.3) is 0 Å². The van der Waals surface area contributed by atoms with Crippen LogP contribution in [0.5, 0.6) is 0 Å². The van der Waals surface area contributed by atoms with Gasteiger partial charge in [-0.1, -0.05) is 216 Å². The molecule has 0 aromatic heterocycles. The molecule has 75 heavy (non-hydrogen) atoms. The first-order chi connectivity index (χ1) is 36.6. The number of rotatable bonds is 50. The second-order valence-corrected chi connectivity index (χ2v) is 20.3. The third-order valence-corrected chi connectivity index (χ3v) is 13.3. The van der Waals surface area contributed by atoms with Crippen LogP contribution in [0.1, 0.15) is 252 Å². The fourth-order valence-electron chi connectivity index (χ4n) is 8.68. The van der Waals surface area contributed by atoms with Crippen molar-refractivity contribution in [3.8, 4) is 0 Å². The molecule has 0 aromatic rings. The van der Waals surface area contributed by atoms with Gasteiger partial charge in [-0.05, 0) is 89.9 Å². The standard InChI is InChI=1S/C63H106O12/c1-4-7-10-13-16-19-21-23-25-27-28-30-31-33-35-38-40-43-46-49-55(64)71-52-54(73-56(65)50-47-44-42-39-36-34-32-29-26-24-22-20-17-14-11-8-5-2)53-72-63-61(59(68)58(67)60(75-63)62(69)70)74-57(66)51-48-45-41-37-18-15-12-9-6-3/h7,10,16,19,23-26,28,30,33,35,54,58-61,63,67-68H,4-6,8-9,11-15,17-18,20-22,27,29,31-32,34,36-53H2,1-3H3,(H,69,70)/b10-7-,19-16-,25-23-,26-24-,30-28-,35-33-. The van der Waals surface area contributed by atoms with Gasteiger partial charge in [0, 0.05) is 19.3 Å². The fraction of sp³-hybridized carbons (Fsp3) is 0.746. The van der Waals surface area contributed by atoms with Crippen LogP contribution in [0, 0.1) is 0 Å². The summed E-state index contributed by atoms with van der Waals surface area (Å²) >= 11 is 0. The molecule has 1 fully saturated rings. The first-order valence-electron chi connectivity index (χ1n) is 29.9. The quantitative estimate of drug-likeness (QED) is 0.0228. The zero-order valence-electron chi connectivity index (χ0n) is 47.3. The predicted octanol–water partition coefficient (Wildman–Crippen LogP) is 15.3. The molecule has 0 aliphatic carbocycles. The molecular formula is C63H106O12. The number of carbonyl (C=O) groups excluding carboxylic acids is 3. The van der Waals surface area contributed by atoms with E-state index in [2.05, 4.69) is 93.7 Å². The average Bonchev–Trinajstić information content (AvgIpc) is 3.39. The maximum absolute atomic E-state index is 13.2. The molecule has 0 saturated carbocycles. The number of aliphatic hydroxyl groups is 2. The number of hydrogen-bond acceptors (Lipinski definition) is 11. The zero-order chi connectivity index (χ0) is 54.7. The second kappa shape index (κ2) is 50.9. The molecule has 430 valence electrons. The van der Waals surface area contributed by atoms with Gasteiger partial charge >= 0.3 is 23.9 Å². The SMILES string of the molecule is CC/C=C\C/C=C\C/C=C\C/C=C\C/C=C\CCCCCC(=O)OCC(COC1OC(C(=O)O)C(O)C(O)C1OC(=O)CCCCCCCCCCC)OC(=O)CCCCCCCCC/C=C\CCCCCCCC. The van der Waals surface area contributed by atoms with Gasteiger partial charge in [-0.25, -0.2) is 4.79 Å². The molecule has 12 nitrogen and oxygen atoms in total. The topological polar surface area (TPSA) is 175 Å². The van der Waals surface area contributed by atoms with E-state index in [0.717, 1.165) is 109 Å². The van der Waals surface area contributed by atoms with Gasteiger partial charge in [-0.15, -0.1) is 0 Å². The monoisotopic (exact) mass is 1050 g/mol. The number of ether oxygens (including phenoxy) is 5. The van der Waals surface area contributed by atoms with E-state index < -0.39 is 67.3 Å². The van der Waals surface area contributed by atoms with Crippen LogP contribution in [0.2, 0.25) is 0 Å². The lowest BCUT2D eigenvalue weighted by Gasteiger charge is -2.40. The van der Waals surface area contributed by atoms with Crippen molar-refractivity contribution in [2.45, 2.75) is 289 Å². The Morgan fingerprint density at radius 1 is 0.453 bits per heavy atom. The van der Waals surface area contributed by atoms with Crippen molar-refractivity contribution in [1.29, 1.82) is 0 Å². The van der Waals surface area contributed by atoms with E-state index in [1.165, 1.54) is 83.5 Å². The highest BCUT2D eigenvalue weighted by Crippen LogP contribution is 2.26. The summed E-state index contributed by atoms with van der Waals surface area (Å²) in [6.45, 7) is 5.82. The first kappa shape index (κ1) is 69.2. The summed E-state index contributed by atoms with van der Waals surface area (Å²) in [5.41, 5.74) is 0. The summed E-state index contributed by atoms with van der Waals surface area (Å²) < 4.78 is 28.4. The molecule has 1 aliphatic rings. The van der Waals surface area contributed by atoms with Crippen molar-refractivity contribution >= 4 is 23.9 Å². The van der Waals surface area contributed by atoms with Gasteiger partial charge in [0.1, 0.15) is 18.8 Å². The van der Waals surface area contributed by atoms with E-state index in [4.69, 9.17) is 23.7 Å². The van der Waals surface area contributed by atoms with E-state index >= 15 is 0 Å². The summed E-state index contributed by atoms with van der Waals surface area (Å²) in [5.74, 6) is -3.16. The Kier molecular flexibility index (Phi) is 47.0. The van der Waals surface area contributed by atoms with E-state index in [1.807, 2.05) is 0 Å². The summed E-state index contributed by atoms with van der Waals surface area (Å²) in [6, 6.07) is 0. The minimum Gasteiger partial charge on any atom is -0.479 e. The van der Waals surface area contributed by atoms with Crippen LogP contribution in [-0.2, 0) is 42.9 Å². The number of carboxylic acid groups (broad SMARTS) is 1. The number of aliphatic hydroxyl groups excluding tert-OH is 2. The summed E-state index contributed by atoms with van der Waals surface area (Å²) in [6.07, 6.45) is 51.7. The molecule has 1 rings (SSSR count). The van der Waals surface area contributed by atoms with Crippen molar-refractivity contribution in [3.63, 3.8) is 0 Å². The van der Waals surface area contributed by atoms with Crippen LogP contribution in [-0.4, -0.2) is 89.2 Å². The largest absolute Gasteiger partial charge is 0.479 e. The molecule has 0 radical (unpaired) electrons. The molecule has 1 aliphatic heterocycles. The fourth-order valence-corrected chi connectivity index (χ4v) is 8.68. The highest BCUT2D eigenvalue weighted by atomic mass is 16.7. The average molecular weight is 1060 g/mol. The normalized spacial score (nSPS) is 18.7. The van der Waals surface area contributed by atoms with Crippen LogP contribution in [0.3, 0.4) is 0 Å². The Labute approximate surface area is 455 Å². The molecule has 3 N–H and O–H groups in total.